The second-order valence-corrected chi connectivity index (χ2v) is 5.42. The minimum Gasteiger partial charge on any atom is -0.374 e. The highest BCUT2D eigenvalue weighted by molar-refractivity contribution is 6.15. The van der Waals surface area contributed by atoms with Crippen LogP contribution in [-0.4, -0.2) is 41.9 Å². The first kappa shape index (κ1) is 9.61. The van der Waals surface area contributed by atoms with E-state index >= 15 is 0 Å². The van der Waals surface area contributed by atoms with E-state index < -0.39 is 0 Å². The molecule has 1 unspecified atom stereocenters. The van der Waals surface area contributed by atoms with Gasteiger partial charge in [-0.2, -0.15) is 0 Å². The van der Waals surface area contributed by atoms with Crippen LogP contribution in [0.5, 0.6) is 0 Å². The lowest BCUT2D eigenvalue weighted by atomic mass is 10.1. The molecule has 1 atom stereocenters. The van der Waals surface area contributed by atoms with Gasteiger partial charge in [0.1, 0.15) is 0 Å². The van der Waals surface area contributed by atoms with E-state index in [0.29, 0.717) is 13.6 Å². The summed E-state index contributed by atoms with van der Waals surface area (Å²) in [6.07, 6.45) is 3.23. The van der Waals surface area contributed by atoms with Crippen LogP contribution in [0.15, 0.2) is 0 Å². The molecule has 0 spiro atoms. The lowest BCUT2D eigenvalue weighted by Gasteiger charge is -2.41. The van der Waals surface area contributed by atoms with Gasteiger partial charge in [-0.15, -0.1) is 0 Å². The Labute approximate surface area is 80.9 Å². The molecular formula is C8H16O4Si. The fraction of sp³-hybridized carbons (Fsp3) is 1.00. The highest BCUT2D eigenvalue weighted by atomic mass is 28.1. The lowest BCUT2D eigenvalue weighted by molar-refractivity contribution is -0.338. The number of rotatable bonds is 1. The molecular weight excluding hydrogens is 188 g/mol. The number of hydrogen-bond acceptors (Lipinski definition) is 4. The summed E-state index contributed by atoms with van der Waals surface area (Å²) in [5.74, 6) is 0. The second kappa shape index (κ2) is 4.06. The fourth-order valence-corrected chi connectivity index (χ4v) is 2.69. The zero-order valence-electron chi connectivity index (χ0n) is 7.95. The van der Waals surface area contributed by atoms with Crippen molar-refractivity contribution < 1.29 is 18.9 Å². The molecule has 0 N–H and O–H groups in total. The van der Waals surface area contributed by atoms with Gasteiger partial charge in [0.25, 0.3) is 0 Å². The molecule has 0 aromatic heterocycles. The maximum absolute atomic E-state index is 5.76. The second-order valence-electron chi connectivity index (χ2n) is 3.72. The molecule has 0 aromatic carbocycles. The number of ether oxygens (including phenoxy) is 4. The van der Waals surface area contributed by atoms with Crippen LogP contribution in [-0.2, 0) is 18.9 Å². The van der Waals surface area contributed by atoms with Crippen LogP contribution in [0.4, 0.5) is 0 Å². The average Bonchev–Trinajstić information content (AvgIpc) is 2.20. The van der Waals surface area contributed by atoms with Crippen molar-refractivity contribution in [2.75, 3.05) is 20.2 Å². The van der Waals surface area contributed by atoms with Crippen LogP contribution < -0.4 is 0 Å². The van der Waals surface area contributed by atoms with Crippen molar-refractivity contribution >= 4 is 10.2 Å². The molecule has 2 rings (SSSR count). The smallest absolute Gasteiger partial charge is 0.187 e. The molecule has 76 valence electrons. The predicted octanol–water partition coefficient (Wildman–Crippen LogP) is -0.447. The quantitative estimate of drug-likeness (QED) is 0.542. The van der Waals surface area contributed by atoms with Crippen LogP contribution >= 0.6 is 0 Å². The average molecular weight is 204 g/mol. The van der Waals surface area contributed by atoms with Gasteiger partial charge in [-0.05, 0) is 19.3 Å². The highest BCUT2D eigenvalue weighted by Crippen LogP contribution is 2.28. The van der Waals surface area contributed by atoms with Crippen molar-refractivity contribution in [3.05, 3.63) is 0 Å². The summed E-state index contributed by atoms with van der Waals surface area (Å²) in [6.45, 7) is 1.50. The minimum atomic E-state index is -0.201. The Bertz CT molecular complexity index is 164. The van der Waals surface area contributed by atoms with Gasteiger partial charge in [0.15, 0.2) is 19.9 Å². The molecule has 2 aliphatic rings. The zero-order valence-corrected chi connectivity index (χ0v) is 9.95. The maximum atomic E-state index is 5.76. The first-order valence-corrected chi connectivity index (χ1v) is 5.76. The zero-order chi connectivity index (χ0) is 9.15. The molecule has 0 bridgehead atoms. The molecule has 4 nitrogen and oxygen atoms in total. The van der Waals surface area contributed by atoms with Crippen molar-refractivity contribution in [2.45, 2.75) is 30.8 Å². The molecule has 0 aliphatic carbocycles. The van der Waals surface area contributed by atoms with Crippen LogP contribution in [0, 0.1) is 0 Å². The summed E-state index contributed by atoms with van der Waals surface area (Å²) in [6, 6.07) is 0. The van der Waals surface area contributed by atoms with Gasteiger partial charge < -0.3 is 18.9 Å². The molecule has 5 heteroatoms. The van der Waals surface area contributed by atoms with E-state index in [1.165, 1.54) is 6.42 Å². The third-order valence-electron chi connectivity index (χ3n) is 2.60. The highest BCUT2D eigenvalue weighted by Gasteiger charge is 2.39. The van der Waals surface area contributed by atoms with Crippen molar-refractivity contribution in [3.63, 3.8) is 0 Å². The molecule has 0 saturated carbocycles. The Morgan fingerprint density at radius 2 is 1.92 bits per heavy atom. The van der Waals surface area contributed by atoms with E-state index in [1.54, 1.807) is 0 Å². The molecule has 0 aromatic rings. The monoisotopic (exact) mass is 204 g/mol. The van der Waals surface area contributed by atoms with Crippen molar-refractivity contribution in [3.8, 4) is 0 Å². The summed E-state index contributed by atoms with van der Waals surface area (Å²) in [5, 5.41) is -0.137. The molecule has 0 radical (unpaired) electrons. The van der Waals surface area contributed by atoms with Gasteiger partial charge in [-0.25, -0.2) is 0 Å². The van der Waals surface area contributed by atoms with Crippen LogP contribution in [0.2, 0.25) is 0 Å². The van der Waals surface area contributed by atoms with E-state index in [0.717, 1.165) is 29.7 Å². The molecule has 2 saturated heterocycles. The van der Waals surface area contributed by atoms with Crippen LogP contribution in [0.1, 0.15) is 19.3 Å². The van der Waals surface area contributed by atoms with E-state index in [1.807, 2.05) is 0 Å². The van der Waals surface area contributed by atoms with Gasteiger partial charge >= 0.3 is 0 Å². The third kappa shape index (κ3) is 2.11. The molecule has 2 aliphatic heterocycles. The summed E-state index contributed by atoms with van der Waals surface area (Å²) in [5.41, 5.74) is 0. The van der Waals surface area contributed by atoms with Gasteiger partial charge in [0.05, 0.1) is 5.22 Å². The van der Waals surface area contributed by atoms with Crippen molar-refractivity contribution in [2.24, 2.45) is 0 Å². The molecule has 2 heterocycles. The van der Waals surface area contributed by atoms with Crippen molar-refractivity contribution in [1.82, 2.24) is 0 Å². The van der Waals surface area contributed by atoms with E-state index in [-0.39, 0.29) is 11.5 Å². The van der Waals surface area contributed by atoms with Crippen LogP contribution in [0.3, 0.4) is 0 Å². The minimum absolute atomic E-state index is 0.137. The third-order valence-corrected chi connectivity index (χ3v) is 3.86. The van der Waals surface area contributed by atoms with Gasteiger partial charge in [0, 0.05) is 16.8 Å². The van der Waals surface area contributed by atoms with E-state index in [9.17, 15) is 0 Å². The Morgan fingerprint density at radius 1 is 1.15 bits per heavy atom. The molecule has 0 amide bonds. The summed E-state index contributed by atoms with van der Waals surface area (Å²) < 4.78 is 21.5. The Morgan fingerprint density at radius 3 is 2.54 bits per heavy atom. The first-order valence-electron chi connectivity index (χ1n) is 4.76. The van der Waals surface area contributed by atoms with Crippen molar-refractivity contribution in [1.29, 1.82) is 0 Å². The Kier molecular flexibility index (Phi) is 3.00. The van der Waals surface area contributed by atoms with Crippen LogP contribution in [0.25, 0.3) is 0 Å². The molecule has 2 fully saturated rings. The summed E-state index contributed by atoms with van der Waals surface area (Å²) in [7, 11) is 0.943. The van der Waals surface area contributed by atoms with E-state index in [4.69, 9.17) is 18.9 Å². The standard InChI is InChI=1S/C8H16O4Si/c13-8(3-1-2-4-12-8)7-10-5-9-6-11-7/h7H,1-6H2,13H3. The number of hydrogen-bond donors (Lipinski definition) is 0. The topological polar surface area (TPSA) is 36.9 Å². The van der Waals surface area contributed by atoms with Gasteiger partial charge in [-0.3, -0.25) is 0 Å². The largest absolute Gasteiger partial charge is 0.374 e. The molecule has 13 heavy (non-hydrogen) atoms. The normalized spacial score (nSPS) is 37.8. The lowest BCUT2D eigenvalue weighted by Crippen LogP contribution is -2.52. The van der Waals surface area contributed by atoms with Gasteiger partial charge in [-0.1, -0.05) is 0 Å². The predicted molar refractivity (Wildman–Crippen MR) is 49.3 cm³/mol. The Hall–Kier alpha value is 0.0569. The first-order chi connectivity index (χ1) is 6.31. The maximum Gasteiger partial charge on any atom is 0.187 e. The SMILES string of the molecule is [SiH3]C1(C2OCOCO2)CCCCO1. The fourth-order valence-electron chi connectivity index (χ4n) is 1.80. The van der Waals surface area contributed by atoms with E-state index in [2.05, 4.69) is 0 Å². The summed E-state index contributed by atoms with van der Waals surface area (Å²) in [4.78, 5) is 0. The van der Waals surface area contributed by atoms with Gasteiger partial charge in [0.2, 0.25) is 0 Å². The summed E-state index contributed by atoms with van der Waals surface area (Å²) >= 11 is 0. The Balaban J connectivity index is 1.94.